The van der Waals surface area contributed by atoms with Gasteiger partial charge in [-0.3, -0.25) is 9.59 Å². The number of rotatable bonds is 4. The number of carbonyl (C=O) groups is 2. The topological polar surface area (TPSA) is 49.4 Å². The fourth-order valence-corrected chi connectivity index (χ4v) is 3.20. The van der Waals surface area contributed by atoms with Crippen LogP contribution in [0.1, 0.15) is 23.1 Å². The Labute approximate surface area is 152 Å². The second kappa shape index (κ2) is 7.28. The Morgan fingerprint density at radius 3 is 2.68 bits per heavy atom. The normalized spacial score (nSPS) is 17.0. The molecule has 1 atom stereocenters. The molecular formula is C20H21ClN2O2. The summed E-state index contributed by atoms with van der Waals surface area (Å²) in [5, 5.41) is 3.52. The van der Waals surface area contributed by atoms with Crippen molar-refractivity contribution >= 4 is 29.1 Å². The summed E-state index contributed by atoms with van der Waals surface area (Å²) in [5.41, 5.74) is 4.05. The minimum absolute atomic E-state index is 0.0128. The minimum atomic E-state index is -0.336. The van der Waals surface area contributed by atoms with Crippen molar-refractivity contribution in [1.29, 1.82) is 0 Å². The third-order valence-corrected chi connectivity index (χ3v) is 5.08. The van der Waals surface area contributed by atoms with Crippen LogP contribution in [0.4, 0.5) is 5.69 Å². The number of nitrogens with one attached hydrogen (secondary N) is 1. The number of amides is 2. The molecule has 0 unspecified atom stereocenters. The number of halogens is 1. The van der Waals surface area contributed by atoms with Crippen molar-refractivity contribution in [3.8, 4) is 0 Å². The summed E-state index contributed by atoms with van der Waals surface area (Å²) in [6, 6.07) is 13.3. The first-order valence-electron chi connectivity index (χ1n) is 8.34. The quantitative estimate of drug-likeness (QED) is 0.909. The summed E-state index contributed by atoms with van der Waals surface area (Å²) in [6.07, 6.45) is 0.237. The van der Waals surface area contributed by atoms with Crippen molar-refractivity contribution in [2.45, 2.75) is 26.8 Å². The lowest BCUT2D eigenvalue weighted by molar-refractivity contribution is -0.126. The molecule has 25 heavy (non-hydrogen) atoms. The van der Waals surface area contributed by atoms with Gasteiger partial charge in [-0.25, -0.2) is 0 Å². The summed E-state index contributed by atoms with van der Waals surface area (Å²) in [4.78, 5) is 26.5. The van der Waals surface area contributed by atoms with Crippen LogP contribution in [-0.2, 0) is 16.1 Å². The van der Waals surface area contributed by atoms with E-state index in [2.05, 4.69) is 5.32 Å². The second-order valence-corrected chi connectivity index (χ2v) is 6.89. The third-order valence-electron chi connectivity index (χ3n) is 4.71. The maximum absolute atomic E-state index is 12.4. The SMILES string of the molecule is Cc1ccc(N2C[C@@H](C(=O)NCc3ccccc3Cl)CC2=O)cc1C. The molecule has 1 aliphatic rings. The lowest BCUT2D eigenvalue weighted by atomic mass is 10.1. The van der Waals surface area contributed by atoms with Gasteiger partial charge in [0.25, 0.3) is 0 Å². The highest BCUT2D eigenvalue weighted by molar-refractivity contribution is 6.31. The fourth-order valence-electron chi connectivity index (χ4n) is 2.99. The van der Waals surface area contributed by atoms with Gasteiger partial charge in [-0.05, 0) is 48.7 Å². The molecule has 5 heteroatoms. The molecule has 0 aliphatic carbocycles. The minimum Gasteiger partial charge on any atom is -0.352 e. The van der Waals surface area contributed by atoms with Gasteiger partial charge in [0, 0.05) is 30.2 Å². The smallest absolute Gasteiger partial charge is 0.227 e. The molecule has 0 bridgehead atoms. The van der Waals surface area contributed by atoms with Crippen molar-refractivity contribution in [3.63, 3.8) is 0 Å². The molecule has 0 radical (unpaired) electrons. The lowest BCUT2D eigenvalue weighted by Crippen LogP contribution is -2.32. The maximum atomic E-state index is 12.4. The summed E-state index contributed by atoms with van der Waals surface area (Å²) in [6.45, 7) is 4.84. The van der Waals surface area contributed by atoms with Gasteiger partial charge in [0.05, 0.1) is 5.92 Å². The van der Waals surface area contributed by atoms with Gasteiger partial charge in [0.15, 0.2) is 0 Å². The van der Waals surface area contributed by atoms with Gasteiger partial charge < -0.3 is 10.2 Å². The van der Waals surface area contributed by atoms with E-state index in [-0.39, 0.29) is 24.2 Å². The number of nitrogens with zero attached hydrogens (tertiary/aromatic N) is 1. The first-order valence-corrected chi connectivity index (χ1v) is 8.72. The highest BCUT2D eigenvalue weighted by Gasteiger charge is 2.35. The van der Waals surface area contributed by atoms with Crippen molar-refractivity contribution in [3.05, 3.63) is 64.2 Å². The Morgan fingerprint density at radius 2 is 1.96 bits per heavy atom. The van der Waals surface area contributed by atoms with Crippen molar-refractivity contribution in [1.82, 2.24) is 5.32 Å². The van der Waals surface area contributed by atoms with E-state index in [9.17, 15) is 9.59 Å². The molecule has 4 nitrogen and oxygen atoms in total. The van der Waals surface area contributed by atoms with Crippen molar-refractivity contribution in [2.75, 3.05) is 11.4 Å². The van der Waals surface area contributed by atoms with Crippen LogP contribution in [0.15, 0.2) is 42.5 Å². The molecule has 0 spiro atoms. The average molecular weight is 357 g/mol. The van der Waals surface area contributed by atoms with E-state index in [1.165, 1.54) is 5.56 Å². The molecule has 1 heterocycles. The average Bonchev–Trinajstić information content (AvgIpc) is 2.98. The molecule has 1 aliphatic heterocycles. The van der Waals surface area contributed by atoms with Crippen LogP contribution < -0.4 is 10.2 Å². The van der Waals surface area contributed by atoms with Crippen LogP contribution in [0.2, 0.25) is 5.02 Å². The van der Waals surface area contributed by atoms with Crippen LogP contribution in [-0.4, -0.2) is 18.4 Å². The van der Waals surface area contributed by atoms with Gasteiger partial charge in [-0.15, -0.1) is 0 Å². The van der Waals surface area contributed by atoms with E-state index in [0.717, 1.165) is 16.8 Å². The Kier molecular flexibility index (Phi) is 5.09. The first-order chi connectivity index (χ1) is 12.0. The Balaban J connectivity index is 1.64. The molecule has 2 aromatic carbocycles. The lowest BCUT2D eigenvalue weighted by Gasteiger charge is -2.18. The molecule has 3 rings (SSSR count). The monoisotopic (exact) mass is 356 g/mol. The number of benzene rings is 2. The number of carbonyl (C=O) groups excluding carboxylic acids is 2. The molecule has 1 fully saturated rings. The number of anilines is 1. The molecule has 1 N–H and O–H groups in total. The number of hydrogen-bond donors (Lipinski definition) is 1. The van der Waals surface area contributed by atoms with Crippen LogP contribution in [0.3, 0.4) is 0 Å². The number of aryl methyl sites for hydroxylation is 2. The van der Waals surface area contributed by atoms with Crippen LogP contribution in [0, 0.1) is 19.8 Å². The summed E-state index contributed by atoms with van der Waals surface area (Å²) in [5.74, 6) is -0.461. The predicted molar refractivity (Wildman–Crippen MR) is 99.7 cm³/mol. The van der Waals surface area contributed by atoms with Gasteiger partial charge in [-0.2, -0.15) is 0 Å². The fraction of sp³-hybridized carbons (Fsp3) is 0.300. The van der Waals surface area contributed by atoms with E-state index >= 15 is 0 Å². The highest BCUT2D eigenvalue weighted by atomic mass is 35.5. The standard InChI is InChI=1S/C20H21ClN2O2/c1-13-7-8-17(9-14(13)2)23-12-16(10-19(23)24)20(25)22-11-15-5-3-4-6-18(15)21/h3-9,16H,10-12H2,1-2H3,(H,22,25)/t16-/m0/s1. The van der Waals surface area contributed by atoms with Gasteiger partial charge >= 0.3 is 0 Å². The largest absolute Gasteiger partial charge is 0.352 e. The zero-order valence-electron chi connectivity index (χ0n) is 14.4. The van der Waals surface area contributed by atoms with Crippen LogP contribution >= 0.6 is 11.6 Å². The summed E-state index contributed by atoms with van der Waals surface area (Å²) < 4.78 is 0. The van der Waals surface area contributed by atoms with E-state index < -0.39 is 0 Å². The Bertz CT molecular complexity index is 819. The summed E-state index contributed by atoms with van der Waals surface area (Å²) >= 11 is 6.11. The second-order valence-electron chi connectivity index (χ2n) is 6.48. The van der Waals surface area contributed by atoms with Gasteiger partial charge in [0.2, 0.25) is 11.8 Å². The van der Waals surface area contributed by atoms with Crippen LogP contribution in [0.5, 0.6) is 0 Å². The van der Waals surface area contributed by atoms with Gasteiger partial charge in [-0.1, -0.05) is 35.9 Å². The zero-order valence-corrected chi connectivity index (χ0v) is 15.1. The zero-order chi connectivity index (χ0) is 18.0. The van der Waals surface area contributed by atoms with E-state index in [1.54, 1.807) is 11.0 Å². The molecule has 2 amide bonds. The summed E-state index contributed by atoms with van der Waals surface area (Å²) in [7, 11) is 0. The molecule has 130 valence electrons. The number of hydrogen-bond acceptors (Lipinski definition) is 2. The van der Waals surface area contributed by atoms with E-state index in [0.29, 0.717) is 18.1 Å². The van der Waals surface area contributed by atoms with Crippen molar-refractivity contribution < 1.29 is 9.59 Å². The third kappa shape index (κ3) is 3.85. The molecular weight excluding hydrogens is 336 g/mol. The molecule has 0 saturated carbocycles. The van der Waals surface area contributed by atoms with E-state index in [1.807, 2.05) is 50.2 Å². The van der Waals surface area contributed by atoms with Gasteiger partial charge in [0.1, 0.15) is 0 Å². The molecule has 0 aromatic heterocycles. The van der Waals surface area contributed by atoms with Crippen molar-refractivity contribution in [2.24, 2.45) is 5.92 Å². The predicted octanol–water partition coefficient (Wildman–Crippen LogP) is 3.63. The van der Waals surface area contributed by atoms with E-state index in [4.69, 9.17) is 11.6 Å². The maximum Gasteiger partial charge on any atom is 0.227 e. The van der Waals surface area contributed by atoms with Crippen LogP contribution in [0.25, 0.3) is 0 Å². The Morgan fingerprint density at radius 1 is 1.20 bits per heavy atom. The molecule has 1 saturated heterocycles. The first kappa shape index (κ1) is 17.5. The Hall–Kier alpha value is -2.33. The highest BCUT2D eigenvalue weighted by Crippen LogP contribution is 2.27. The molecule has 2 aromatic rings.